The van der Waals surface area contributed by atoms with E-state index in [2.05, 4.69) is 35.2 Å². The number of piperidine rings is 1. The molecule has 3 aromatic rings. The first-order valence-electron chi connectivity index (χ1n) is 17.9. The van der Waals surface area contributed by atoms with Crippen LogP contribution in [0.4, 0.5) is 5.69 Å². The van der Waals surface area contributed by atoms with Crippen LogP contribution >= 0.6 is 0 Å². The summed E-state index contributed by atoms with van der Waals surface area (Å²) in [4.78, 5) is 2.60. The third kappa shape index (κ3) is 8.88. The van der Waals surface area contributed by atoms with E-state index >= 15 is 0 Å². The number of hydrogen-bond donors (Lipinski definition) is 0. The SMILES string of the molecule is COCCCN1CCOc2ccc(CO[C@H]3CN(S(=O)(=O)c4ccc(C)cc4)C[C@@H](OC[C@H]4CO4)[C@@H]3c3ccc(COCC4CC4)cc3)cc21. The van der Waals surface area contributed by atoms with Gasteiger partial charge in [-0.15, -0.1) is 0 Å². The Morgan fingerprint density at radius 3 is 2.34 bits per heavy atom. The van der Waals surface area contributed by atoms with Crippen LogP contribution in [0.25, 0.3) is 0 Å². The number of methoxy groups -OCH3 is 1. The number of aryl methyl sites for hydroxylation is 1. The highest BCUT2D eigenvalue weighted by atomic mass is 32.2. The van der Waals surface area contributed by atoms with Crippen LogP contribution in [-0.4, -0.2) is 97.4 Å². The molecule has 10 nitrogen and oxygen atoms in total. The van der Waals surface area contributed by atoms with Gasteiger partial charge in [-0.25, -0.2) is 8.42 Å². The fourth-order valence-electron chi connectivity index (χ4n) is 6.84. The zero-order valence-corrected chi connectivity index (χ0v) is 30.0. The van der Waals surface area contributed by atoms with Gasteiger partial charge in [0.25, 0.3) is 0 Å². The van der Waals surface area contributed by atoms with E-state index in [1.54, 1.807) is 19.2 Å². The van der Waals surface area contributed by atoms with Crippen LogP contribution in [0.5, 0.6) is 5.75 Å². The lowest BCUT2D eigenvalue weighted by Crippen LogP contribution is -2.54. The lowest BCUT2D eigenvalue weighted by Gasteiger charge is -2.43. The molecule has 4 atom stereocenters. The molecule has 0 amide bonds. The Kier molecular flexibility index (Phi) is 11.4. The minimum atomic E-state index is -3.81. The summed E-state index contributed by atoms with van der Waals surface area (Å²) in [7, 11) is -2.09. The van der Waals surface area contributed by atoms with Crippen LogP contribution in [0.2, 0.25) is 0 Å². The molecule has 50 heavy (non-hydrogen) atoms. The van der Waals surface area contributed by atoms with Gasteiger partial charge in [0.15, 0.2) is 0 Å². The Morgan fingerprint density at radius 2 is 1.62 bits per heavy atom. The molecule has 11 heteroatoms. The largest absolute Gasteiger partial charge is 0.490 e. The Balaban J connectivity index is 1.15. The molecule has 0 bridgehead atoms. The smallest absolute Gasteiger partial charge is 0.243 e. The van der Waals surface area contributed by atoms with Gasteiger partial charge >= 0.3 is 0 Å². The van der Waals surface area contributed by atoms with Crippen LogP contribution in [0, 0.1) is 12.8 Å². The number of sulfonamides is 1. The fourth-order valence-corrected chi connectivity index (χ4v) is 8.31. The van der Waals surface area contributed by atoms with Crippen LogP contribution in [0.3, 0.4) is 0 Å². The van der Waals surface area contributed by atoms with Crippen molar-refractivity contribution in [1.82, 2.24) is 4.31 Å². The lowest BCUT2D eigenvalue weighted by molar-refractivity contribution is -0.0808. The molecule has 3 fully saturated rings. The lowest BCUT2D eigenvalue weighted by atomic mass is 9.85. The van der Waals surface area contributed by atoms with Crippen molar-refractivity contribution in [3.63, 3.8) is 0 Å². The second kappa shape index (κ2) is 16.1. The second-order valence-corrected chi connectivity index (χ2v) is 16.0. The molecule has 7 rings (SSSR count). The van der Waals surface area contributed by atoms with Crippen molar-refractivity contribution in [2.75, 3.05) is 71.2 Å². The molecule has 1 aliphatic carbocycles. The number of ether oxygens (including phenoxy) is 6. The van der Waals surface area contributed by atoms with E-state index in [-0.39, 0.29) is 30.0 Å². The number of epoxide rings is 1. The molecule has 0 spiro atoms. The summed E-state index contributed by atoms with van der Waals surface area (Å²) in [6, 6.07) is 21.7. The molecule has 0 N–H and O–H groups in total. The predicted octanol–water partition coefficient (Wildman–Crippen LogP) is 5.31. The van der Waals surface area contributed by atoms with E-state index in [9.17, 15) is 8.42 Å². The van der Waals surface area contributed by atoms with Crippen molar-refractivity contribution in [1.29, 1.82) is 0 Å². The van der Waals surface area contributed by atoms with Crippen molar-refractivity contribution in [2.24, 2.45) is 5.92 Å². The zero-order valence-electron chi connectivity index (χ0n) is 29.2. The minimum Gasteiger partial charge on any atom is -0.490 e. The summed E-state index contributed by atoms with van der Waals surface area (Å²) >= 11 is 0. The van der Waals surface area contributed by atoms with Gasteiger partial charge in [-0.1, -0.05) is 48.0 Å². The number of benzene rings is 3. The fraction of sp³-hybridized carbons (Fsp3) is 0.538. The van der Waals surface area contributed by atoms with Gasteiger partial charge in [-0.3, -0.25) is 0 Å². The molecule has 3 aromatic carbocycles. The number of fused-ring (bicyclic) bond motifs is 1. The molecular weight excluding hydrogens is 657 g/mol. The average Bonchev–Trinajstić information content (AvgIpc) is 4.07. The Hall–Kier alpha value is -3.03. The molecule has 3 heterocycles. The van der Waals surface area contributed by atoms with Crippen molar-refractivity contribution in [3.05, 3.63) is 89.0 Å². The summed E-state index contributed by atoms with van der Waals surface area (Å²) in [6.45, 7) is 8.14. The first-order valence-corrected chi connectivity index (χ1v) is 19.4. The van der Waals surface area contributed by atoms with Gasteiger partial charge in [-0.2, -0.15) is 4.31 Å². The average molecular weight is 707 g/mol. The van der Waals surface area contributed by atoms with Crippen molar-refractivity contribution < 1.29 is 36.8 Å². The van der Waals surface area contributed by atoms with E-state index in [1.807, 2.05) is 31.2 Å². The summed E-state index contributed by atoms with van der Waals surface area (Å²) < 4.78 is 65.8. The zero-order chi connectivity index (χ0) is 34.5. The standard InChI is InChI=1S/C39H50N2O8S/c1-28-4-13-34(14-5-28)50(42,43)41-21-37(48-25-31-10-15-36-35(20-31)40(17-19-46-36)16-3-18-44-2)39(38(22-41)49-27-33-26-47-33)32-11-8-30(9-12-32)24-45-23-29-6-7-29/h4-5,8-15,20,29,33,37-39H,3,6-7,16-19,21-27H2,1-2H3/t33-,37+,38-,39-/m1/s1. The molecular formula is C39H50N2O8S. The van der Waals surface area contributed by atoms with Crippen LogP contribution < -0.4 is 9.64 Å². The third-order valence-electron chi connectivity index (χ3n) is 10.0. The van der Waals surface area contributed by atoms with E-state index in [1.165, 1.54) is 17.1 Å². The van der Waals surface area contributed by atoms with E-state index < -0.39 is 22.2 Å². The van der Waals surface area contributed by atoms with Crippen molar-refractivity contribution in [2.45, 2.75) is 68.5 Å². The number of hydrogen-bond acceptors (Lipinski definition) is 9. The maximum Gasteiger partial charge on any atom is 0.243 e. The first kappa shape index (κ1) is 35.4. The number of nitrogens with zero attached hydrogens (tertiary/aromatic N) is 2. The molecule has 0 radical (unpaired) electrons. The van der Waals surface area contributed by atoms with E-state index in [0.29, 0.717) is 45.6 Å². The maximum absolute atomic E-state index is 14.1. The maximum atomic E-state index is 14.1. The molecule has 4 aliphatic rings. The Morgan fingerprint density at radius 1 is 0.880 bits per heavy atom. The third-order valence-corrected chi connectivity index (χ3v) is 11.9. The Bertz CT molecular complexity index is 1660. The highest BCUT2D eigenvalue weighted by Crippen LogP contribution is 2.38. The van der Waals surface area contributed by atoms with E-state index in [4.69, 9.17) is 28.4 Å². The predicted molar refractivity (Wildman–Crippen MR) is 190 cm³/mol. The minimum absolute atomic E-state index is 0.0367. The Labute approximate surface area is 296 Å². The molecule has 3 aliphatic heterocycles. The van der Waals surface area contributed by atoms with Crippen LogP contribution in [0.15, 0.2) is 71.6 Å². The van der Waals surface area contributed by atoms with E-state index in [0.717, 1.165) is 59.8 Å². The number of anilines is 1. The highest BCUT2D eigenvalue weighted by molar-refractivity contribution is 7.89. The topological polar surface area (TPSA) is 99.3 Å². The second-order valence-electron chi connectivity index (χ2n) is 14.0. The summed E-state index contributed by atoms with van der Waals surface area (Å²) in [6.07, 6.45) is 2.56. The van der Waals surface area contributed by atoms with Crippen molar-refractivity contribution in [3.8, 4) is 5.75 Å². The quantitative estimate of drug-likeness (QED) is 0.137. The molecule has 1 saturated carbocycles. The van der Waals surface area contributed by atoms with Crippen molar-refractivity contribution >= 4 is 15.7 Å². The van der Waals surface area contributed by atoms with Gasteiger partial charge < -0.3 is 33.3 Å². The molecule has 2 saturated heterocycles. The molecule has 270 valence electrons. The summed E-state index contributed by atoms with van der Waals surface area (Å²) in [5, 5.41) is 0. The number of rotatable bonds is 17. The van der Waals surface area contributed by atoms with Gasteiger partial charge in [0, 0.05) is 45.9 Å². The molecule has 0 aromatic heterocycles. The van der Waals surface area contributed by atoms with Gasteiger partial charge in [0.1, 0.15) is 18.5 Å². The first-order chi connectivity index (χ1) is 24.4. The van der Waals surface area contributed by atoms with Crippen LogP contribution in [0.1, 0.15) is 47.4 Å². The van der Waals surface area contributed by atoms with Crippen LogP contribution in [-0.2, 0) is 46.9 Å². The van der Waals surface area contributed by atoms with Gasteiger partial charge in [0.05, 0.1) is 55.8 Å². The monoisotopic (exact) mass is 706 g/mol. The normalized spacial score (nSPS) is 23.8. The highest BCUT2D eigenvalue weighted by Gasteiger charge is 2.44. The molecule has 0 unspecified atom stereocenters. The van der Waals surface area contributed by atoms with Gasteiger partial charge in [-0.05, 0) is 73.1 Å². The van der Waals surface area contributed by atoms with Gasteiger partial charge in [0.2, 0.25) is 10.0 Å². The summed E-state index contributed by atoms with van der Waals surface area (Å²) in [5.74, 6) is 1.37. The summed E-state index contributed by atoms with van der Waals surface area (Å²) in [5.41, 5.74) is 5.21.